The second-order valence-electron chi connectivity index (χ2n) is 9.45. The Morgan fingerprint density at radius 1 is 1.25 bits per heavy atom. The van der Waals surface area contributed by atoms with Crippen molar-refractivity contribution < 1.29 is 4.79 Å². The number of hydrogen-bond acceptors (Lipinski definition) is 3. The largest absolute Gasteiger partial charge is 0.315 e. The number of hydrogen-bond donors (Lipinski definition) is 1. The zero-order chi connectivity index (χ0) is 20.3. The predicted molar refractivity (Wildman–Crippen MR) is 118 cm³/mol. The van der Waals surface area contributed by atoms with Crippen LogP contribution in [0.1, 0.15) is 57.6 Å². The Balaban J connectivity index is 1.60. The fourth-order valence-electron chi connectivity index (χ4n) is 4.90. The van der Waals surface area contributed by atoms with Gasteiger partial charge < -0.3 is 10.2 Å². The van der Waals surface area contributed by atoms with Crippen LogP contribution in [0.2, 0.25) is 0 Å². The monoisotopic (exact) mass is 385 g/mol. The number of nitrogens with one attached hydrogen (secondary N) is 1. The van der Waals surface area contributed by atoms with Gasteiger partial charge in [-0.25, -0.2) is 0 Å². The van der Waals surface area contributed by atoms with E-state index in [1.54, 1.807) is 0 Å². The van der Waals surface area contributed by atoms with Crippen LogP contribution < -0.4 is 10.2 Å². The number of rotatable bonds is 5. The highest BCUT2D eigenvalue weighted by molar-refractivity contribution is 5.94. The van der Waals surface area contributed by atoms with Crippen molar-refractivity contribution in [3.63, 3.8) is 0 Å². The molecule has 0 unspecified atom stereocenters. The molecule has 1 heterocycles. The van der Waals surface area contributed by atoms with Crippen LogP contribution >= 0.6 is 0 Å². The third-order valence-corrected chi connectivity index (χ3v) is 6.95. The molecule has 0 radical (unpaired) electrons. The molecule has 1 aromatic carbocycles. The first-order valence-corrected chi connectivity index (χ1v) is 11.2. The summed E-state index contributed by atoms with van der Waals surface area (Å²) in [5.74, 6) is 2.03. The lowest BCUT2D eigenvalue weighted by atomic mass is 9.76. The molecule has 1 aliphatic carbocycles. The molecule has 28 heavy (non-hydrogen) atoms. The highest BCUT2D eigenvalue weighted by Gasteiger charge is 2.30. The molecule has 1 N–H and O–H groups in total. The average Bonchev–Trinajstić information content (AvgIpc) is 2.68. The number of benzene rings is 1. The van der Waals surface area contributed by atoms with Crippen LogP contribution in [0.15, 0.2) is 18.2 Å². The molecule has 4 heteroatoms. The summed E-state index contributed by atoms with van der Waals surface area (Å²) in [6, 6.07) is 7.10. The molecule has 0 aromatic heterocycles. The Morgan fingerprint density at radius 3 is 2.57 bits per heavy atom. The van der Waals surface area contributed by atoms with E-state index in [4.69, 9.17) is 0 Å². The molecule has 156 valence electrons. The van der Waals surface area contributed by atoms with Crippen molar-refractivity contribution in [1.29, 1.82) is 0 Å². The van der Waals surface area contributed by atoms with E-state index in [1.807, 2.05) is 11.9 Å². The van der Waals surface area contributed by atoms with Gasteiger partial charge in [0.1, 0.15) is 0 Å². The summed E-state index contributed by atoms with van der Waals surface area (Å²) in [6.45, 7) is 13.3. The minimum atomic E-state index is 0.197. The number of carbonyl (C=O) groups is 1. The molecule has 4 nitrogen and oxygen atoms in total. The summed E-state index contributed by atoms with van der Waals surface area (Å²) in [4.78, 5) is 17.4. The summed E-state index contributed by atoms with van der Waals surface area (Å²) in [5.41, 5.74) is 3.69. The van der Waals surface area contributed by atoms with Gasteiger partial charge in [-0.2, -0.15) is 0 Å². The third kappa shape index (κ3) is 5.15. The van der Waals surface area contributed by atoms with Crippen molar-refractivity contribution in [2.24, 2.45) is 17.8 Å². The molecule has 1 saturated carbocycles. The van der Waals surface area contributed by atoms with E-state index in [-0.39, 0.29) is 5.92 Å². The van der Waals surface area contributed by atoms with Gasteiger partial charge >= 0.3 is 0 Å². The second kappa shape index (κ2) is 9.41. The van der Waals surface area contributed by atoms with Crippen molar-refractivity contribution in [1.82, 2.24) is 10.2 Å². The first-order chi connectivity index (χ1) is 13.3. The van der Waals surface area contributed by atoms with Gasteiger partial charge in [-0.15, -0.1) is 0 Å². The Hall–Kier alpha value is -1.39. The Labute approximate surface area is 171 Å². The molecule has 0 bridgehead atoms. The quantitative estimate of drug-likeness (QED) is 0.824. The molecule has 1 saturated heterocycles. The molecular weight excluding hydrogens is 346 g/mol. The van der Waals surface area contributed by atoms with E-state index in [0.717, 1.165) is 56.5 Å². The summed E-state index contributed by atoms with van der Waals surface area (Å²) in [6.07, 6.45) is 4.49. The van der Waals surface area contributed by atoms with Gasteiger partial charge in [0.25, 0.3) is 0 Å². The molecular formula is C24H39N3O. The maximum Gasteiger partial charge on any atom is 0.229 e. The van der Waals surface area contributed by atoms with Gasteiger partial charge in [0, 0.05) is 50.9 Å². The number of amides is 1. The highest BCUT2D eigenvalue weighted by Crippen LogP contribution is 2.34. The molecule has 1 amide bonds. The second-order valence-corrected chi connectivity index (χ2v) is 9.45. The molecule has 1 aromatic rings. The van der Waals surface area contributed by atoms with Gasteiger partial charge in [-0.3, -0.25) is 9.69 Å². The molecule has 1 aliphatic heterocycles. The topological polar surface area (TPSA) is 35.6 Å². The van der Waals surface area contributed by atoms with Crippen molar-refractivity contribution >= 4 is 11.6 Å². The Bertz CT molecular complexity index is 664. The number of nitrogens with zero attached hydrogens (tertiary/aromatic N) is 2. The third-order valence-electron chi connectivity index (χ3n) is 6.95. The smallest absolute Gasteiger partial charge is 0.229 e. The fraction of sp³-hybridized carbons (Fsp3) is 0.708. The fourth-order valence-corrected chi connectivity index (χ4v) is 4.90. The number of piperazine rings is 1. The minimum Gasteiger partial charge on any atom is -0.315 e. The van der Waals surface area contributed by atoms with Crippen molar-refractivity contribution in [2.45, 2.75) is 66.0 Å². The van der Waals surface area contributed by atoms with E-state index in [0.29, 0.717) is 11.9 Å². The summed E-state index contributed by atoms with van der Waals surface area (Å²) in [5, 5.41) is 3.50. The SMILES string of the molecule is Cc1cc(N(C)C(=O)C2CCC(C(C)C)CC2)ccc1CN1CCN[C@@H](C)C1. The van der Waals surface area contributed by atoms with Crippen molar-refractivity contribution in [3.8, 4) is 0 Å². The lowest BCUT2D eigenvalue weighted by Crippen LogP contribution is -2.48. The van der Waals surface area contributed by atoms with Crippen molar-refractivity contribution in [2.75, 3.05) is 31.6 Å². The van der Waals surface area contributed by atoms with E-state index >= 15 is 0 Å². The standard InChI is InChI=1S/C24H39N3O/c1-17(2)20-6-8-21(9-7-20)24(28)26(5)23-11-10-22(18(3)14-23)16-27-13-12-25-19(4)15-27/h10-11,14,17,19-21,25H,6-9,12-13,15-16H2,1-5H3/t19-,20?,21?/m0/s1. The lowest BCUT2D eigenvalue weighted by molar-refractivity contribution is -0.123. The van der Waals surface area contributed by atoms with Crippen LogP contribution in [0.3, 0.4) is 0 Å². The highest BCUT2D eigenvalue weighted by atomic mass is 16.2. The summed E-state index contributed by atoms with van der Waals surface area (Å²) < 4.78 is 0. The molecule has 2 fully saturated rings. The lowest BCUT2D eigenvalue weighted by Gasteiger charge is -2.33. The van der Waals surface area contributed by atoms with Crippen molar-refractivity contribution in [3.05, 3.63) is 29.3 Å². The van der Waals surface area contributed by atoms with Crippen LogP contribution in [0.4, 0.5) is 5.69 Å². The first kappa shape index (κ1) is 21.3. The molecule has 2 aliphatic rings. The van der Waals surface area contributed by atoms with Crippen LogP contribution in [-0.2, 0) is 11.3 Å². The average molecular weight is 386 g/mol. The molecule has 0 spiro atoms. The van der Waals surface area contributed by atoms with Crippen LogP contribution in [0, 0.1) is 24.7 Å². The number of aryl methyl sites for hydroxylation is 1. The summed E-state index contributed by atoms with van der Waals surface area (Å²) >= 11 is 0. The van der Waals surface area contributed by atoms with Gasteiger partial charge in [0.2, 0.25) is 5.91 Å². The van der Waals surface area contributed by atoms with Gasteiger partial charge in [-0.05, 0) is 74.6 Å². The number of carbonyl (C=O) groups excluding carboxylic acids is 1. The summed E-state index contributed by atoms with van der Waals surface area (Å²) in [7, 11) is 1.95. The van der Waals surface area contributed by atoms with E-state index in [2.05, 4.69) is 56.1 Å². The molecule has 1 atom stereocenters. The molecule has 3 rings (SSSR count). The zero-order valence-electron chi connectivity index (χ0n) is 18.5. The van der Waals surface area contributed by atoms with Gasteiger partial charge in [-0.1, -0.05) is 19.9 Å². The Kier molecular flexibility index (Phi) is 7.16. The number of anilines is 1. The minimum absolute atomic E-state index is 0.197. The van der Waals surface area contributed by atoms with Crippen LogP contribution in [-0.4, -0.2) is 43.5 Å². The van der Waals surface area contributed by atoms with Gasteiger partial charge in [0.05, 0.1) is 0 Å². The van der Waals surface area contributed by atoms with E-state index in [1.165, 1.54) is 24.0 Å². The Morgan fingerprint density at radius 2 is 1.96 bits per heavy atom. The zero-order valence-corrected chi connectivity index (χ0v) is 18.5. The van der Waals surface area contributed by atoms with Crippen LogP contribution in [0.5, 0.6) is 0 Å². The van der Waals surface area contributed by atoms with E-state index < -0.39 is 0 Å². The van der Waals surface area contributed by atoms with E-state index in [9.17, 15) is 4.79 Å². The maximum absolute atomic E-state index is 13.0. The maximum atomic E-state index is 13.0. The first-order valence-electron chi connectivity index (χ1n) is 11.2. The van der Waals surface area contributed by atoms with Crippen LogP contribution in [0.25, 0.3) is 0 Å². The normalized spacial score (nSPS) is 26.4. The van der Waals surface area contributed by atoms with Gasteiger partial charge in [0.15, 0.2) is 0 Å². The predicted octanol–water partition coefficient (Wildman–Crippen LogP) is 4.21.